The highest BCUT2D eigenvalue weighted by atomic mass is 19.1. The van der Waals surface area contributed by atoms with Gasteiger partial charge in [-0.05, 0) is 49.7 Å². The van der Waals surface area contributed by atoms with E-state index in [0.29, 0.717) is 49.1 Å². The fraction of sp³-hybridized carbons (Fsp3) is 0.381. The van der Waals surface area contributed by atoms with E-state index in [-0.39, 0.29) is 17.8 Å². The van der Waals surface area contributed by atoms with Crippen molar-refractivity contribution < 1.29 is 23.4 Å². The predicted octanol–water partition coefficient (Wildman–Crippen LogP) is 3.51. The van der Waals surface area contributed by atoms with Gasteiger partial charge in [-0.2, -0.15) is 0 Å². The first-order chi connectivity index (χ1) is 12.9. The number of hydrogen-bond donors (Lipinski definition) is 1. The molecule has 0 radical (unpaired) electrons. The second kappa shape index (κ2) is 6.76. The Labute approximate surface area is 157 Å². The lowest BCUT2D eigenvalue weighted by molar-refractivity contribution is -0.126. The largest absolute Gasteiger partial charge is 0.493 e. The third-order valence-corrected chi connectivity index (χ3v) is 5.15. The number of amides is 1. The Kier molecular flexibility index (Phi) is 4.42. The van der Waals surface area contributed by atoms with E-state index in [9.17, 15) is 9.18 Å². The van der Waals surface area contributed by atoms with Gasteiger partial charge in [0.2, 0.25) is 5.91 Å². The summed E-state index contributed by atoms with van der Waals surface area (Å²) in [6.07, 6.45) is 0.597. The first kappa shape index (κ1) is 17.6. The Hall–Kier alpha value is -2.76. The molecule has 2 aliphatic heterocycles. The summed E-state index contributed by atoms with van der Waals surface area (Å²) in [5.74, 6) is 1.48. The average molecular weight is 371 g/mol. The van der Waals surface area contributed by atoms with Crippen LogP contribution >= 0.6 is 0 Å². The Morgan fingerprint density at radius 2 is 1.70 bits per heavy atom. The van der Waals surface area contributed by atoms with Crippen LogP contribution in [-0.2, 0) is 10.2 Å². The van der Waals surface area contributed by atoms with Crippen molar-refractivity contribution in [3.05, 3.63) is 53.3 Å². The van der Waals surface area contributed by atoms with E-state index in [1.807, 2.05) is 32.0 Å². The molecule has 0 fully saturated rings. The van der Waals surface area contributed by atoms with E-state index in [4.69, 9.17) is 14.2 Å². The summed E-state index contributed by atoms with van der Waals surface area (Å²) in [6.45, 7) is 5.22. The van der Waals surface area contributed by atoms with Crippen molar-refractivity contribution in [2.75, 3.05) is 19.8 Å². The second-order valence-corrected chi connectivity index (χ2v) is 7.33. The van der Waals surface area contributed by atoms with Crippen LogP contribution in [0.4, 0.5) is 4.39 Å². The smallest absolute Gasteiger partial charge is 0.230 e. The van der Waals surface area contributed by atoms with Crippen LogP contribution in [0.1, 0.15) is 37.4 Å². The van der Waals surface area contributed by atoms with Gasteiger partial charge in [-0.3, -0.25) is 4.79 Å². The molecule has 27 heavy (non-hydrogen) atoms. The quantitative estimate of drug-likeness (QED) is 0.897. The van der Waals surface area contributed by atoms with Crippen molar-refractivity contribution in [1.82, 2.24) is 5.32 Å². The Morgan fingerprint density at radius 1 is 1.00 bits per heavy atom. The number of fused-ring (bicyclic) bond motifs is 2. The predicted molar refractivity (Wildman–Crippen MR) is 97.9 cm³/mol. The summed E-state index contributed by atoms with van der Waals surface area (Å²) < 4.78 is 30.4. The van der Waals surface area contributed by atoms with E-state index in [1.165, 1.54) is 12.1 Å². The molecule has 6 heteroatoms. The summed E-state index contributed by atoms with van der Waals surface area (Å²) in [6, 6.07) is 9.68. The van der Waals surface area contributed by atoms with Gasteiger partial charge in [-0.1, -0.05) is 6.07 Å². The molecule has 2 aromatic rings. The van der Waals surface area contributed by atoms with E-state index in [1.54, 1.807) is 6.07 Å². The third kappa shape index (κ3) is 3.31. The van der Waals surface area contributed by atoms with Crippen LogP contribution in [0.25, 0.3) is 0 Å². The monoisotopic (exact) mass is 371 g/mol. The van der Waals surface area contributed by atoms with Gasteiger partial charge in [0.15, 0.2) is 11.5 Å². The Balaban J connectivity index is 1.57. The molecule has 4 rings (SSSR count). The van der Waals surface area contributed by atoms with Crippen LogP contribution in [0.5, 0.6) is 17.2 Å². The number of ether oxygens (including phenoxy) is 3. The van der Waals surface area contributed by atoms with E-state index >= 15 is 0 Å². The van der Waals surface area contributed by atoms with Gasteiger partial charge >= 0.3 is 0 Å². The molecule has 0 aliphatic carbocycles. The topological polar surface area (TPSA) is 56.8 Å². The highest BCUT2D eigenvalue weighted by molar-refractivity contribution is 5.88. The fourth-order valence-electron chi connectivity index (χ4n) is 3.42. The fourth-order valence-corrected chi connectivity index (χ4v) is 3.42. The van der Waals surface area contributed by atoms with Crippen LogP contribution in [0.2, 0.25) is 0 Å². The third-order valence-electron chi connectivity index (χ3n) is 5.15. The number of rotatable bonds is 3. The SMILES string of the molecule is CC(C)(C(=O)NC1CCOc2ccc(F)cc21)c1ccc2c(c1)OCCO2. The average Bonchev–Trinajstić information content (AvgIpc) is 2.68. The van der Waals surface area contributed by atoms with E-state index < -0.39 is 5.41 Å². The molecule has 0 saturated carbocycles. The van der Waals surface area contributed by atoms with Crippen molar-refractivity contribution in [2.45, 2.75) is 31.7 Å². The van der Waals surface area contributed by atoms with Gasteiger partial charge in [-0.25, -0.2) is 4.39 Å². The van der Waals surface area contributed by atoms with Crippen LogP contribution in [0.15, 0.2) is 36.4 Å². The first-order valence-corrected chi connectivity index (χ1v) is 9.08. The maximum Gasteiger partial charge on any atom is 0.230 e. The lowest BCUT2D eigenvalue weighted by atomic mass is 9.83. The molecule has 1 N–H and O–H groups in total. The second-order valence-electron chi connectivity index (χ2n) is 7.33. The van der Waals surface area contributed by atoms with Crippen molar-refractivity contribution in [3.63, 3.8) is 0 Å². The van der Waals surface area contributed by atoms with E-state index in [0.717, 1.165) is 5.56 Å². The van der Waals surface area contributed by atoms with Crippen LogP contribution in [0, 0.1) is 5.82 Å². The zero-order valence-corrected chi connectivity index (χ0v) is 15.4. The zero-order chi connectivity index (χ0) is 19.0. The molecule has 1 unspecified atom stereocenters. The van der Waals surface area contributed by atoms with Gasteiger partial charge in [0.05, 0.1) is 18.1 Å². The minimum Gasteiger partial charge on any atom is -0.493 e. The van der Waals surface area contributed by atoms with Gasteiger partial charge in [0.1, 0.15) is 24.8 Å². The number of hydrogen-bond acceptors (Lipinski definition) is 4. The Morgan fingerprint density at radius 3 is 2.52 bits per heavy atom. The molecule has 0 bridgehead atoms. The molecule has 1 atom stereocenters. The van der Waals surface area contributed by atoms with Crippen molar-refractivity contribution in [2.24, 2.45) is 0 Å². The maximum atomic E-state index is 13.7. The molecule has 0 aromatic heterocycles. The molecule has 2 aromatic carbocycles. The molecule has 0 saturated heterocycles. The van der Waals surface area contributed by atoms with Crippen molar-refractivity contribution >= 4 is 5.91 Å². The molecular weight excluding hydrogens is 349 g/mol. The molecule has 1 amide bonds. The molecule has 2 heterocycles. The minimum absolute atomic E-state index is 0.138. The zero-order valence-electron chi connectivity index (χ0n) is 15.4. The standard InChI is InChI=1S/C21H22FNO4/c1-21(2,13-3-5-18-19(11-13)27-10-9-26-18)20(24)23-16-7-8-25-17-6-4-14(22)12-15(16)17/h3-6,11-12,16H,7-10H2,1-2H3,(H,23,24). The molecule has 2 aliphatic rings. The molecular formula is C21H22FNO4. The number of carbonyl (C=O) groups excluding carboxylic acids is 1. The van der Waals surface area contributed by atoms with Crippen LogP contribution in [-0.4, -0.2) is 25.7 Å². The number of halogens is 1. The van der Waals surface area contributed by atoms with Gasteiger partial charge in [0.25, 0.3) is 0 Å². The summed E-state index contributed by atoms with van der Waals surface area (Å²) in [4.78, 5) is 13.1. The van der Waals surface area contributed by atoms with Crippen LogP contribution < -0.4 is 19.5 Å². The highest BCUT2D eigenvalue weighted by Gasteiger charge is 2.34. The first-order valence-electron chi connectivity index (χ1n) is 9.08. The summed E-state index contributed by atoms with van der Waals surface area (Å²) in [7, 11) is 0. The van der Waals surface area contributed by atoms with Gasteiger partial charge in [-0.15, -0.1) is 0 Å². The van der Waals surface area contributed by atoms with Crippen molar-refractivity contribution in [3.8, 4) is 17.2 Å². The molecule has 0 spiro atoms. The Bertz CT molecular complexity index is 880. The highest BCUT2D eigenvalue weighted by Crippen LogP contribution is 2.37. The number of benzene rings is 2. The number of carbonyl (C=O) groups is 1. The molecule has 5 nitrogen and oxygen atoms in total. The minimum atomic E-state index is -0.790. The lowest BCUT2D eigenvalue weighted by Crippen LogP contribution is -2.43. The maximum absolute atomic E-state index is 13.7. The van der Waals surface area contributed by atoms with E-state index in [2.05, 4.69) is 5.32 Å². The van der Waals surface area contributed by atoms with Gasteiger partial charge in [0, 0.05) is 12.0 Å². The summed E-state index contributed by atoms with van der Waals surface area (Å²) in [5.41, 5.74) is 0.713. The number of nitrogens with one attached hydrogen (secondary N) is 1. The van der Waals surface area contributed by atoms with Gasteiger partial charge < -0.3 is 19.5 Å². The van der Waals surface area contributed by atoms with Crippen LogP contribution in [0.3, 0.4) is 0 Å². The lowest BCUT2D eigenvalue weighted by Gasteiger charge is -2.31. The summed E-state index contributed by atoms with van der Waals surface area (Å²) >= 11 is 0. The molecule has 142 valence electrons. The normalized spacial score (nSPS) is 18.3. The summed E-state index contributed by atoms with van der Waals surface area (Å²) in [5, 5.41) is 3.06. The van der Waals surface area contributed by atoms with Crippen molar-refractivity contribution in [1.29, 1.82) is 0 Å².